The Bertz CT molecular complexity index is 121. The van der Waals surface area contributed by atoms with Crippen LogP contribution < -0.4 is 5.73 Å². The Hall–Kier alpha value is -0.570. The van der Waals surface area contributed by atoms with Gasteiger partial charge in [0.1, 0.15) is 6.04 Å². The molecule has 1 atom stereocenters. The summed E-state index contributed by atoms with van der Waals surface area (Å²) < 4.78 is 0. The molecule has 3 nitrogen and oxygen atoms in total. The molecule has 0 spiro atoms. The van der Waals surface area contributed by atoms with Crippen molar-refractivity contribution in [2.24, 2.45) is 5.73 Å². The minimum absolute atomic E-state index is 0.495. The maximum Gasteiger partial charge on any atom is 0.320 e. The predicted molar refractivity (Wildman–Crippen MR) is 53.6 cm³/mol. The van der Waals surface area contributed by atoms with E-state index in [0.29, 0.717) is 6.42 Å². The van der Waals surface area contributed by atoms with Gasteiger partial charge < -0.3 is 10.8 Å². The van der Waals surface area contributed by atoms with E-state index in [9.17, 15) is 4.79 Å². The van der Waals surface area contributed by atoms with E-state index in [1.165, 1.54) is 38.5 Å². The molecule has 0 bridgehead atoms. The van der Waals surface area contributed by atoms with Gasteiger partial charge in [-0.25, -0.2) is 0 Å². The van der Waals surface area contributed by atoms with Gasteiger partial charge in [-0.05, 0) is 6.42 Å². The molecule has 0 aromatic carbocycles. The highest BCUT2D eigenvalue weighted by molar-refractivity contribution is 5.72. The van der Waals surface area contributed by atoms with Crippen LogP contribution in [0.1, 0.15) is 51.9 Å². The molecule has 0 saturated heterocycles. The zero-order valence-corrected chi connectivity index (χ0v) is 8.46. The standard InChI is InChI=1S/C6H12.C4H9NO2/c1-2-4-6-5-3-1;1-2-3(5)4(6)7/h1-6H2;3H,2,5H2,1H3,(H,6,7). The average Bonchev–Trinajstić information content (AvgIpc) is 2.20. The van der Waals surface area contributed by atoms with Crippen molar-refractivity contribution in [3.05, 3.63) is 0 Å². The topological polar surface area (TPSA) is 63.3 Å². The molecular formula is C10H21NO2. The number of carbonyl (C=O) groups is 1. The number of rotatable bonds is 2. The van der Waals surface area contributed by atoms with Crippen LogP contribution in [-0.4, -0.2) is 17.1 Å². The maximum atomic E-state index is 9.81. The van der Waals surface area contributed by atoms with E-state index < -0.39 is 12.0 Å². The SMILES string of the molecule is C1CCCCC1.CCC(N)C(=O)O. The lowest BCUT2D eigenvalue weighted by molar-refractivity contribution is -0.138. The Morgan fingerprint density at radius 1 is 1.23 bits per heavy atom. The summed E-state index contributed by atoms with van der Waals surface area (Å²) in [5.41, 5.74) is 5.02. The molecule has 1 aliphatic rings. The smallest absolute Gasteiger partial charge is 0.320 e. The van der Waals surface area contributed by atoms with Gasteiger partial charge in [0.05, 0.1) is 0 Å². The van der Waals surface area contributed by atoms with Crippen LogP contribution in [0.4, 0.5) is 0 Å². The molecule has 78 valence electrons. The Labute approximate surface area is 80.3 Å². The lowest BCUT2D eigenvalue weighted by atomic mass is 10.0. The van der Waals surface area contributed by atoms with E-state index >= 15 is 0 Å². The number of aliphatic carboxylic acids is 1. The fourth-order valence-corrected chi connectivity index (χ4v) is 1.24. The van der Waals surface area contributed by atoms with E-state index in [-0.39, 0.29) is 0 Å². The summed E-state index contributed by atoms with van der Waals surface area (Å²) in [5, 5.41) is 8.06. The molecule has 1 rings (SSSR count). The van der Waals surface area contributed by atoms with Gasteiger partial charge in [-0.3, -0.25) is 4.79 Å². The monoisotopic (exact) mass is 187 g/mol. The fraction of sp³-hybridized carbons (Fsp3) is 0.900. The van der Waals surface area contributed by atoms with E-state index in [1.807, 2.05) is 0 Å². The van der Waals surface area contributed by atoms with Crippen LogP contribution in [0.2, 0.25) is 0 Å². The fourth-order valence-electron chi connectivity index (χ4n) is 1.24. The van der Waals surface area contributed by atoms with Crippen LogP contribution in [0.15, 0.2) is 0 Å². The molecule has 0 aromatic heterocycles. The zero-order chi connectivity index (χ0) is 10.1. The molecular weight excluding hydrogens is 166 g/mol. The summed E-state index contributed by atoms with van der Waals surface area (Å²) in [4.78, 5) is 9.81. The van der Waals surface area contributed by atoms with Crippen molar-refractivity contribution < 1.29 is 9.90 Å². The van der Waals surface area contributed by atoms with Crippen molar-refractivity contribution in [2.45, 2.75) is 57.9 Å². The normalized spacial score (nSPS) is 18.3. The van der Waals surface area contributed by atoms with Gasteiger partial charge in [-0.15, -0.1) is 0 Å². The molecule has 1 fully saturated rings. The first-order valence-corrected chi connectivity index (χ1v) is 5.17. The lowest BCUT2D eigenvalue weighted by Crippen LogP contribution is -2.28. The highest BCUT2D eigenvalue weighted by atomic mass is 16.4. The van der Waals surface area contributed by atoms with Gasteiger partial charge in [0, 0.05) is 0 Å². The van der Waals surface area contributed by atoms with Gasteiger partial charge in [-0.1, -0.05) is 45.4 Å². The minimum atomic E-state index is -0.928. The number of hydrogen-bond donors (Lipinski definition) is 2. The van der Waals surface area contributed by atoms with Gasteiger partial charge in [0.25, 0.3) is 0 Å². The molecule has 0 aliphatic heterocycles. The summed E-state index contributed by atoms with van der Waals surface area (Å²) in [7, 11) is 0. The second-order valence-electron chi connectivity index (χ2n) is 3.47. The minimum Gasteiger partial charge on any atom is -0.480 e. The molecule has 1 saturated carbocycles. The molecule has 13 heavy (non-hydrogen) atoms. The zero-order valence-electron chi connectivity index (χ0n) is 8.46. The first kappa shape index (κ1) is 12.4. The Morgan fingerprint density at radius 2 is 1.54 bits per heavy atom. The maximum absolute atomic E-state index is 9.81. The summed E-state index contributed by atoms with van der Waals surface area (Å²) in [6, 6.07) is -0.681. The number of hydrogen-bond acceptors (Lipinski definition) is 2. The second kappa shape index (κ2) is 8.05. The number of carboxylic acid groups (broad SMARTS) is 1. The summed E-state index contributed by atoms with van der Waals surface area (Å²) in [6.07, 6.45) is 9.50. The van der Waals surface area contributed by atoms with Crippen LogP contribution in [-0.2, 0) is 4.79 Å². The predicted octanol–water partition coefficient (Wildman–Crippen LogP) is 2.15. The van der Waals surface area contributed by atoms with Gasteiger partial charge in [0.15, 0.2) is 0 Å². The quantitative estimate of drug-likeness (QED) is 0.696. The van der Waals surface area contributed by atoms with Crippen LogP contribution >= 0.6 is 0 Å². The Morgan fingerprint density at radius 3 is 1.62 bits per heavy atom. The van der Waals surface area contributed by atoms with Crippen LogP contribution in [0.3, 0.4) is 0 Å². The summed E-state index contributed by atoms with van der Waals surface area (Å²) >= 11 is 0. The molecule has 3 heteroatoms. The van der Waals surface area contributed by atoms with E-state index in [4.69, 9.17) is 10.8 Å². The third-order valence-corrected chi connectivity index (χ3v) is 2.26. The largest absolute Gasteiger partial charge is 0.480 e. The van der Waals surface area contributed by atoms with Crippen molar-refractivity contribution in [3.63, 3.8) is 0 Å². The molecule has 3 N–H and O–H groups in total. The van der Waals surface area contributed by atoms with Crippen molar-refractivity contribution >= 4 is 5.97 Å². The Balaban J connectivity index is 0.000000223. The van der Waals surface area contributed by atoms with Crippen molar-refractivity contribution in [1.82, 2.24) is 0 Å². The summed E-state index contributed by atoms with van der Waals surface area (Å²) in [6.45, 7) is 1.73. The molecule has 0 aromatic rings. The number of nitrogens with two attached hydrogens (primary N) is 1. The first-order chi connectivity index (χ1) is 6.18. The molecule has 1 unspecified atom stereocenters. The van der Waals surface area contributed by atoms with E-state index in [0.717, 1.165) is 0 Å². The van der Waals surface area contributed by atoms with Crippen LogP contribution in [0.5, 0.6) is 0 Å². The van der Waals surface area contributed by atoms with Crippen LogP contribution in [0, 0.1) is 0 Å². The van der Waals surface area contributed by atoms with E-state index in [1.54, 1.807) is 6.92 Å². The molecule has 0 radical (unpaired) electrons. The highest BCUT2D eigenvalue weighted by Crippen LogP contribution is 2.15. The van der Waals surface area contributed by atoms with E-state index in [2.05, 4.69) is 0 Å². The number of carboxylic acids is 1. The van der Waals surface area contributed by atoms with Gasteiger partial charge in [-0.2, -0.15) is 0 Å². The molecule has 0 amide bonds. The van der Waals surface area contributed by atoms with Crippen molar-refractivity contribution in [3.8, 4) is 0 Å². The average molecular weight is 187 g/mol. The van der Waals surface area contributed by atoms with Gasteiger partial charge in [0.2, 0.25) is 0 Å². The Kier molecular flexibility index (Phi) is 7.69. The lowest BCUT2D eigenvalue weighted by Gasteiger charge is -2.05. The summed E-state index contributed by atoms with van der Waals surface area (Å²) in [5.74, 6) is -0.928. The molecule has 0 heterocycles. The third-order valence-electron chi connectivity index (χ3n) is 2.26. The van der Waals surface area contributed by atoms with Crippen molar-refractivity contribution in [1.29, 1.82) is 0 Å². The molecule has 1 aliphatic carbocycles. The second-order valence-corrected chi connectivity index (χ2v) is 3.47. The third kappa shape index (κ3) is 7.78. The van der Waals surface area contributed by atoms with Gasteiger partial charge >= 0.3 is 5.97 Å². The first-order valence-electron chi connectivity index (χ1n) is 5.17. The van der Waals surface area contributed by atoms with Crippen molar-refractivity contribution in [2.75, 3.05) is 0 Å². The van der Waals surface area contributed by atoms with Crippen LogP contribution in [0.25, 0.3) is 0 Å². The highest BCUT2D eigenvalue weighted by Gasteiger charge is 2.05.